The van der Waals surface area contributed by atoms with Crippen molar-refractivity contribution in [2.75, 3.05) is 19.8 Å². The molecule has 0 radical (unpaired) electrons. The second-order valence-electron chi connectivity index (χ2n) is 12.6. The lowest BCUT2D eigenvalue weighted by Crippen LogP contribution is -2.85. The summed E-state index contributed by atoms with van der Waals surface area (Å²) in [6.45, 7) is 12.8. The molecule has 2 aliphatic carbocycles. The molecular weight excluding hydrogens is 564 g/mol. The van der Waals surface area contributed by atoms with E-state index in [0.29, 0.717) is 19.3 Å². The first-order valence-electron chi connectivity index (χ1n) is 14.6. The Labute approximate surface area is 251 Å². The molecule has 1 saturated heterocycles. The van der Waals surface area contributed by atoms with E-state index in [2.05, 4.69) is 13.5 Å². The van der Waals surface area contributed by atoms with Crippen LogP contribution in [0.25, 0.3) is 0 Å². The van der Waals surface area contributed by atoms with Gasteiger partial charge in [0.25, 0.3) is 0 Å². The van der Waals surface area contributed by atoms with E-state index in [9.17, 15) is 29.1 Å². The monoisotopic (exact) mass is 606 g/mol. The molecule has 43 heavy (non-hydrogen) atoms. The van der Waals surface area contributed by atoms with Crippen molar-refractivity contribution in [3.05, 3.63) is 23.8 Å². The van der Waals surface area contributed by atoms with Crippen molar-refractivity contribution in [2.24, 2.45) is 22.7 Å². The van der Waals surface area contributed by atoms with Crippen molar-refractivity contribution in [3.8, 4) is 0 Å². The van der Waals surface area contributed by atoms with Crippen molar-refractivity contribution >= 4 is 29.8 Å². The fourth-order valence-corrected chi connectivity index (χ4v) is 7.85. The highest BCUT2D eigenvalue weighted by molar-refractivity contribution is 5.88. The zero-order chi connectivity index (χ0) is 31.9. The quantitative estimate of drug-likeness (QED) is 0.220. The highest BCUT2D eigenvalue weighted by atomic mass is 16.6. The van der Waals surface area contributed by atoms with Crippen LogP contribution in [-0.2, 0) is 52.4 Å². The van der Waals surface area contributed by atoms with E-state index in [4.69, 9.17) is 28.4 Å². The molecule has 2 saturated carbocycles. The predicted octanol–water partition coefficient (Wildman–Crippen LogP) is 2.35. The molecule has 0 aromatic rings. The minimum Gasteiger partial charge on any atom is -0.462 e. The van der Waals surface area contributed by atoms with Crippen molar-refractivity contribution in [2.45, 2.75) is 97.2 Å². The summed E-state index contributed by atoms with van der Waals surface area (Å²) in [5.41, 5.74) is -2.48. The summed E-state index contributed by atoms with van der Waals surface area (Å²) in [7, 11) is 0. The van der Waals surface area contributed by atoms with Crippen LogP contribution in [-0.4, -0.2) is 84.8 Å². The molecule has 0 aromatic heterocycles. The Kier molecular flexibility index (Phi) is 9.14. The van der Waals surface area contributed by atoms with E-state index < -0.39 is 83.2 Å². The van der Waals surface area contributed by atoms with E-state index >= 15 is 0 Å². The normalized spacial score (nSPS) is 36.9. The van der Waals surface area contributed by atoms with Gasteiger partial charge >= 0.3 is 29.8 Å². The van der Waals surface area contributed by atoms with Crippen molar-refractivity contribution < 1.29 is 57.5 Å². The Balaban J connectivity index is 1.86. The third-order valence-electron chi connectivity index (χ3n) is 10.1. The number of hydrogen-bond donors (Lipinski definition) is 1. The third-order valence-corrected chi connectivity index (χ3v) is 10.1. The number of carbonyl (C=O) groups is 5. The van der Waals surface area contributed by atoms with Gasteiger partial charge in [0.15, 0.2) is 5.60 Å². The molecular formula is C31H42O12. The van der Waals surface area contributed by atoms with Gasteiger partial charge in [0.05, 0.1) is 23.7 Å². The van der Waals surface area contributed by atoms with E-state index in [0.717, 1.165) is 5.57 Å². The molecule has 1 N–H and O–H groups in total. The van der Waals surface area contributed by atoms with Crippen LogP contribution >= 0.6 is 0 Å². The fourth-order valence-electron chi connectivity index (χ4n) is 7.85. The molecule has 0 amide bonds. The molecule has 2 heterocycles. The molecule has 2 aliphatic heterocycles. The molecule has 4 aliphatic rings. The number of hydrogen-bond acceptors (Lipinski definition) is 12. The van der Waals surface area contributed by atoms with Crippen LogP contribution in [0.1, 0.15) is 67.2 Å². The standard InChI is InChI=1S/C31H42O12/c1-16-10-24(42-20(5)34)30-14-40-31(30,15-39-28(37)17(2)18(3)32)25(43-21(6)35)12-23(41-19(4)33)27(30)29(16,7)9-8-22-11-26(36)38-13-22/h11,16,18,23-25,27,32H,2,8-10,12-15H2,1,3-7H3/t16-,18?,23?,24?,25?,27-,29+,30-,31+/m0/s1. The second kappa shape index (κ2) is 12.0. The minimum absolute atomic E-state index is 0.0415. The van der Waals surface area contributed by atoms with Gasteiger partial charge in [-0.1, -0.05) is 20.4 Å². The maximum Gasteiger partial charge on any atom is 0.336 e. The molecule has 0 aromatic carbocycles. The maximum atomic E-state index is 12.9. The predicted molar refractivity (Wildman–Crippen MR) is 148 cm³/mol. The molecule has 12 heteroatoms. The zero-order valence-electron chi connectivity index (χ0n) is 25.6. The lowest BCUT2D eigenvalue weighted by atomic mass is 9.38. The van der Waals surface area contributed by atoms with Gasteiger partial charge in [-0.25, -0.2) is 9.59 Å². The highest BCUT2D eigenvalue weighted by Gasteiger charge is 2.81. The number of ether oxygens (including phenoxy) is 6. The van der Waals surface area contributed by atoms with E-state index in [1.165, 1.54) is 33.8 Å². The van der Waals surface area contributed by atoms with Gasteiger partial charge in [-0.05, 0) is 43.1 Å². The Morgan fingerprint density at radius 3 is 2.21 bits per heavy atom. The van der Waals surface area contributed by atoms with Crippen molar-refractivity contribution in [1.82, 2.24) is 0 Å². The average molecular weight is 607 g/mol. The number of cyclic esters (lactones) is 1. The number of aliphatic hydroxyl groups is 1. The van der Waals surface area contributed by atoms with Gasteiger partial charge in [-0.3, -0.25) is 14.4 Å². The smallest absolute Gasteiger partial charge is 0.336 e. The summed E-state index contributed by atoms with van der Waals surface area (Å²) in [5.74, 6) is -3.50. The summed E-state index contributed by atoms with van der Waals surface area (Å²) in [4.78, 5) is 62.0. The minimum atomic E-state index is -1.47. The lowest BCUT2D eigenvalue weighted by Gasteiger charge is -2.74. The Hall–Kier alpha value is -3.25. The average Bonchev–Trinajstić information content (AvgIpc) is 3.31. The first kappa shape index (κ1) is 32.7. The molecule has 238 valence electrons. The van der Waals surface area contributed by atoms with Gasteiger partial charge < -0.3 is 33.5 Å². The van der Waals surface area contributed by atoms with E-state index in [1.807, 2.05) is 6.92 Å². The molecule has 12 nitrogen and oxygen atoms in total. The molecule has 0 bridgehead atoms. The summed E-state index contributed by atoms with van der Waals surface area (Å²) >= 11 is 0. The Morgan fingerprint density at radius 1 is 1.07 bits per heavy atom. The third kappa shape index (κ3) is 5.71. The van der Waals surface area contributed by atoms with E-state index in [-0.39, 0.29) is 31.1 Å². The van der Waals surface area contributed by atoms with Crippen LogP contribution in [0.5, 0.6) is 0 Å². The fraction of sp³-hybridized carbons (Fsp3) is 0.710. The molecule has 3 fully saturated rings. The van der Waals surface area contributed by atoms with Crippen LogP contribution in [0.3, 0.4) is 0 Å². The SMILES string of the molecule is C=C(C(=O)OC[C@]12OC[C@@]13C(OC(C)=O)C[C@H](C)[C@@](C)(CCC1=CC(=O)OC1)[C@@H]3C(OC(C)=O)CC2OC(C)=O)C(C)O. The largest absolute Gasteiger partial charge is 0.462 e. The van der Waals surface area contributed by atoms with Crippen LogP contribution in [0.2, 0.25) is 0 Å². The van der Waals surface area contributed by atoms with Crippen molar-refractivity contribution in [1.29, 1.82) is 0 Å². The van der Waals surface area contributed by atoms with Gasteiger partial charge in [0.1, 0.15) is 31.5 Å². The van der Waals surface area contributed by atoms with Gasteiger partial charge in [-0.2, -0.15) is 0 Å². The van der Waals surface area contributed by atoms with Crippen LogP contribution in [0, 0.1) is 22.7 Å². The van der Waals surface area contributed by atoms with E-state index in [1.54, 1.807) is 0 Å². The number of rotatable bonds is 10. The molecule has 1 spiro atoms. The first-order valence-corrected chi connectivity index (χ1v) is 14.6. The Bertz CT molecular complexity index is 1220. The first-order chi connectivity index (χ1) is 20.1. The van der Waals surface area contributed by atoms with Gasteiger partial charge in [0.2, 0.25) is 0 Å². The Morgan fingerprint density at radius 2 is 1.70 bits per heavy atom. The molecule has 4 unspecified atom stereocenters. The molecule has 9 atom stereocenters. The zero-order valence-corrected chi connectivity index (χ0v) is 25.6. The summed E-state index contributed by atoms with van der Waals surface area (Å²) in [5, 5.41) is 9.90. The van der Waals surface area contributed by atoms with Crippen LogP contribution < -0.4 is 0 Å². The maximum absolute atomic E-state index is 12.9. The van der Waals surface area contributed by atoms with Gasteiger partial charge in [0, 0.05) is 39.2 Å². The molecule has 4 rings (SSSR count). The lowest BCUT2D eigenvalue weighted by molar-refractivity contribution is -0.413. The van der Waals surface area contributed by atoms with Crippen LogP contribution in [0.4, 0.5) is 0 Å². The number of carbonyl (C=O) groups excluding carboxylic acids is 5. The number of aliphatic hydroxyl groups excluding tert-OH is 1. The van der Waals surface area contributed by atoms with Gasteiger partial charge in [-0.15, -0.1) is 0 Å². The summed E-state index contributed by atoms with van der Waals surface area (Å²) in [6, 6.07) is 0. The topological polar surface area (TPSA) is 161 Å². The van der Waals surface area contributed by atoms with Crippen LogP contribution in [0.15, 0.2) is 23.8 Å². The summed E-state index contributed by atoms with van der Waals surface area (Å²) < 4.78 is 34.9. The highest BCUT2D eigenvalue weighted by Crippen LogP contribution is 2.71. The number of esters is 5. The summed E-state index contributed by atoms with van der Waals surface area (Å²) in [6.07, 6.45) is -0.700. The van der Waals surface area contributed by atoms with Crippen molar-refractivity contribution in [3.63, 3.8) is 0 Å². The second-order valence-corrected chi connectivity index (χ2v) is 12.6.